The fourth-order valence-corrected chi connectivity index (χ4v) is 4.59. The van der Waals surface area contributed by atoms with Gasteiger partial charge < -0.3 is 15.1 Å². The van der Waals surface area contributed by atoms with E-state index in [4.69, 9.17) is 0 Å². The smallest absolute Gasteiger partial charge is 0.321 e. The van der Waals surface area contributed by atoms with Crippen LogP contribution in [0.4, 0.5) is 10.5 Å². The van der Waals surface area contributed by atoms with Crippen molar-refractivity contribution in [2.45, 2.75) is 18.4 Å². The molecule has 0 bridgehead atoms. The third kappa shape index (κ3) is 3.91. The standard InChI is InChI=1S/C23H30N4O/c1-25-14-12-23(13-15-25,20-8-4-2-5-9-20)27-18-16-26(17-19-27)22(28)24-21-10-6-3-7-11-21/h2-11H,12-19H2,1H3,(H,24,28). The van der Waals surface area contributed by atoms with Crippen LogP contribution >= 0.6 is 0 Å². The first-order valence-corrected chi connectivity index (χ1v) is 10.3. The number of hydrogen-bond donors (Lipinski definition) is 1. The van der Waals surface area contributed by atoms with Crippen LogP contribution in [0.2, 0.25) is 0 Å². The van der Waals surface area contributed by atoms with Crippen molar-refractivity contribution in [3.8, 4) is 0 Å². The number of amides is 2. The van der Waals surface area contributed by atoms with Crippen molar-refractivity contribution in [2.75, 3.05) is 51.6 Å². The van der Waals surface area contributed by atoms with Gasteiger partial charge in [0.1, 0.15) is 0 Å². The molecule has 28 heavy (non-hydrogen) atoms. The first-order valence-electron chi connectivity index (χ1n) is 10.3. The lowest BCUT2D eigenvalue weighted by molar-refractivity contribution is -0.00181. The van der Waals surface area contributed by atoms with Crippen molar-refractivity contribution >= 4 is 11.7 Å². The highest BCUT2D eigenvalue weighted by Crippen LogP contribution is 2.39. The summed E-state index contributed by atoms with van der Waals surface area (Å²) in [6, 6.07) is 20.7. The Kier molecular flexibility index (Phi) is 5.64. The molecule has 0 atom stereocenters. The van der Waals surface area contributed by atoms with Crippen molar-refractivity contribution in [1.82, 2.24) is 14.7 Å². The molecule has 2 fully saturated rings. The molecule has 5 heteroatoms. The molecule has 0 aromatic heterocycles. The molecule has 0 unspecified atom stereocenters. The number of carbonyl (C=O) groups excluding carboxylic acids is 1. The molecule has 0 saturated carbocycles. The zero-order chi connectivity index (χ0) is 19.4. The van der Waals surface area contributed by atoms with Gasteiger partial charge >= 0.3 is 6.03 Å². The first-order chi connectivity index (χ1) is 13.7. The van der Waals surface area contributed by atoms with Crippen molar-refractivity contribution in [1.29, 1.82) is 0 Å². The summed E-state index contributed by atoms with van der Waals surface area (Å²) in [5.74, 6) is 0. The highest BCUT2D eigenvalue weighted by Gasteiger charge is 2.42. The van der Waals surface area contributed by atoms with Crippen LogP contribution in [0.25, 0.3) is 0 Å². The minimum absolute atomic E-state index is 0.00277. The van der Waals surface area contributed by atoms with Gasteiger partial charge in [0.15, 0.2) is 0 Å². The Morgan fingerprint density at radius 1 is 0.821 bits per heavy atom. The van der Waals surface area contributed by atoms with Crippen LogP contribution in [0.15, 0.2) is 60.7 Å². The van der Waals surface area contributed by atoms with Crippen LogP contribution in [0.3, 0.4) is 0 Å². The van der Waals surface area contributed by atoms with Crippen LogP contribution < -0.4 is 5.32 Å². The lowest BCUT2D eigenvalue weighted by Crippen LogP contribution is -2.59. The van der Waals surface area contributed by atoms with Gasteiger partial charge in [0.25, 0.3) is 0 Å². The summed E-state index contributed by atoms with van der Waals surface area (Å²) in [5, 5.41) is 3.01. The minimum Gasteiger partial charge on any atom is -0.322 e. The number of para-hydroxylation sites is 1. The maximum Gasteiger partial charge on any atom is 0.321 e. The Balaban J connectivity index is 1.44. The number of rotatable bonds is 3. The van der Waals surface area contributed by atoms with Gasteiger partial charge in [0.05, 0.1) is 0 Å². The third-order valence-corrected chi connectivity index (χ3v) is 6.32. The maximum absolute atomic E-state index is 12.6. The lowest BCUT2D eigenvalue weighted by Gasteiger charge is -2.51. The highest BCUT2D eigenvalue weighted by molar-refractivity contribution is 5.89. The molecule has 2 amide bonds. The van der Waals surface area contributed by atoms with Crippen LogP contribution in [0.1, 0.15) is 18.4 Å². The molecule has 2 saturated heterocycles. The Bertz CT molecular complexity index is 764. The molecular weight excluding hydrogens is 348 g/mol. The highest BCUT2D eigenvalue weighted by atomic mass is 16.2. The number of anilines is 1. The predicted molar refractivity (Wildman–Crippen MR) is 113 cm³/mol. The molecule has 2 heterocycles. The van der Waals surface area contributed by atoms with Gasteiger partial charge in [-0.05, 0) is 50.7 Å². The number of piperazine rings is 1. The lowest BCUT2D eigenvalue weighted by atomic mass is 9.79. The summed E-state index contributed by atoms with van der Waals surface area (Å²) in [6.07, 6.45) is 2.29. The zero-order valence-electron chi connectivity index (χ0n) is 16.7. The number of piperidine rings is 1. The average Bonchev–Trinajstić information content (AvgIpc) is 2.76. The van der Waals surface area contributed by atoms with E-state index in [1.54, 1.807) is 0 Å². The summed E-state index contributed by atoms with van der Waals surface area (Å²) >= 11 is 0. The van der Waals surface area contributed by atoms with Gasteiger partial charge in [-0.1, -0.05) is 48.5 Å². The number of hydrogen-bond acceptors (Lipinski definition) is 3. The topological polar surface area (TPSA) is 38.8 Å². The monoisotopic (exact) mass is 378 g/mol. The number of benzene rings is 2. The van der Waals surface area contributed by atoms with E-state index in [2.05, 4.69) is 52.5 Å². The average molecular weight is 379 g/mol. The largest absolute Gasteiger partial charge is 0.322 e. The number of nitrogens with one attached hydrogen (secondary N) is 1. The Morgan fingerprint density at radius 2 is 1.39 bits per heavy atom. The van der Waals surface area contributed by atoms with Crippen molar-refractivity contribution < 1.29 is 4.79 Å². The molecular formula is C23H30N4O. The summed E-state index contributed by atoms with van der Waals surface area (Å²) in [5.41, 5.74) is 2.37. The van der Waals surface area contributed by atoms with E-state index in [0.717, 1.165) is 57.8 Å². The van der Waals surface area contributed by atoms with Crippen LogP contribution in [0.5, 0.6) is 0 Å². The van der Waals surface area contributed by atoms with Gasteiger partial charge in [-0.2, -0.15) is 0 Å². The van der Waals surface area contributed by atoms with Gasteiger partial charge in [0.2, 0.25) is 0 Å². The Hall–Kier alpha value is -2.37. The van der Waals surface area contributed by atoms with E-state index >= 15 is 0 Å². The van der Waals surface area contributed by atoms with Crippen LogP contribution in [-0.2, 0) is 5.54 Å². The molecule has 1 N–H and O–H groups in total. The zero-order valence-corrected chi connectivity index (χ0v) is 16.7. The molecule has 2 aliphatic heterocycles. The molecule has 0 aliphatic carbocycles. The molecule has 0 radical (unpaired) electrons. The van der Waals surface area contributed by atoms with Crippen molar-refractivity contribution in [3.63, 3.8) is 0 Å². The molecule has 2 aliphatic rings. The Labute approximate surface area is 167 Å². The molecule has 5 nitrogen and oxygen atoms in total. The van der Waals surface area contributed by atoms with Gasteiger partial charge in [-0.3, -0.25) is 4.90 Å². The molecule has 2 aromatic carbocycles. The van der Waals surface area contributed by atoms with Crippen molar-refractivity contribution in [2.24, 2.45) is 0 Å². The Morgan fingerprint density at radius 3 is 2.00 bits per heavy atom. The number of carbonyl (C=O) groups is 1. The minimum atomic E-state index is 0.00277. The van der Waals surface area contributed by atoms with E-state index in [9.17, 15) is 4.79 Å². The predicted octanol–water partition coefficient (Wildman–Crippen LogP) is 3.46. The van der Waals surface area contributed by atoms with E-state index in [0.29, 0.717) is 0 Å². The van der Waals surface area contributed by atoms with Crippen LogP contribution in [0, 0.1) is 0 Å². The maximum atomic E-state index is 12.6. The normalized spacial score (nSPS) is 20.7. The SMILES string of the molecule is CN1CCC(c2ccccc2)(N2CCN(C(=O)Nc3ccccc3)CC2)CC1. The second-order valence-corrected chi connectivity index (χ2v) is 7.97. The van der Waals surface area contributed by atoms with E-state index in [1.165, 1.54) is 5.56 Å². The summed E-state index contributed by atoms with van der Waals surface area (Å²) < 4.78 is 0. The van der Waals surface area contributed by atoms with Crippen LogP contribution in [-0.4, -0.2) is 67.0 Å². The van der Waals surface area contributed by atoms with E-state index in [-0.39, 0.29) is 11.6 Å². The number of urea groups is 1. The van der Waals surface area contributed by atoms with Gasteiger partial charge in [-0.25, -0.2) is 4.79 Å². The number of likely N-dealkylation sites (tertiary alicyclic amines) is 1. The van der Waals surface area contributed by atoms with Crippen molar-refractivity contribution in [3.05, 3.63) is 66.2 Å². The second kappa shape index (κ2) is 8.33. The first kappa shape index (κ1) is 19.0. The fourth-order valence-electron chi connectivity index (χ4n) is 4.59. The summed E-state index contributed by atoms with van der Waals surface area (Å²) in [7, 11) is 2.21. The summed E-state index contributed by atoms with van der Waals surface area (Å²) in [4.78, 5) is 19.6. The second-order valence-electron chi connectivity index (χ2n) is 7.97. The molecule has 0 spiro atoms. The fraction of sp³-hybridized carbons (Fsp3) is 0.435. The quantitative estimate of drug-likeness (QED) is 0.889. The van der Waals surface area contributed by atoms with Gasteiger partial charge in [0, 0.05) is 37.4 Å². The van der Waals surface area contributed by atoms with E-state index < -0.39 is 0 Å². The molecule has 4 rings (SSSR count). The third-order valence-electron chi connectivity index (χ3n) is 6.32. The summed E-state index contributed by atoms with van der Waals surface area (Å²) in [6.45, 7) is 5.60. The number of nitrogens with zero attached hydrogens (tertiary/aromatic N) is 3. The van der Waals surface area contributed by atoms with Gasteiger partial charge in [-0.15, -0.1) is 0 Å². The molecule has 2 aromatic rings. The molecule has 148 valence electrons. The van der Waals surface area contributed by atoms with E-state index in [1.807, 2.05) is 35.2 Å².